The molecule has 2 rings (SSSR count). The van der Waals surface area contributed by atoms with Crippen molar-refractivity contribution >= 4 is 21.6 Å². The molecule has 0 amide bonds. The Hall–Kier alpha value is -1.05. The summed E-state index contributed by atoms with van der Waals surface area (Å²) in [6.07, 6.45) is 1.61. The standard InChI is InChI=1S/C15H20BrN3/c1-15(2)8-10-18-11-12(7-9-17)19(15)14-6-4-3-5-13(14)16/h3-6,12,18H,7-8,10-11H2,1-2H3. The van der Waals surface area contributed by atoms with Crippen LogP contribution in [0.5, 0.6) is 0 Å². The predicted molar refractivity (Wildman–Crippen MR) is 82.2 cm³/mol. The van der Waals surface area contributed by atoms with Crippen LogP contribution < -0.4 is 10.2 Å². The maximum atomic E-state index is 9.10. The van der Waals surface area contributed by atoms with Crippen molar-refractivity contribution in [1.82, 2.24) is 5.32 Å². The van der Waals surface area contributed by atoms with Crippen LogP contribution in [0.15, 0.2) is 28.7 Å². The van der Waals surface area contributed by atoms with Gasteiger partial charge in [0.15, 0.2) is 0 Å². The van der Waals surface area contributed by atoms with Gasteiger partial charge in [-0.15, -0.1) is 0 Å². The van der Waals surface area contributed by atoms with E-state index in [-0.39, 0.29) is 11.6 Å². The second-order valence-corrected chi connectivity index (χ2v) is 6.46. The van der Waals surface area contributed by atoms with E-state index in [0.717, 1.165) is 24.0 Å². The van der Waals surface area contributed by atoms with E-state index in [0.29, 0.717) is 6.42 Å². The highest BCUT2D eigenvalue weighted by molar-refractivity contribution is 9.10. The van der Waals surface area contributed by atoms with Crippen LogP contribution in [0.2, 0.25) is 0 Å². The van der Waals surface area contributed by atoms with Gasteiger partial charge in [-0.05, 0) is 54.9 Å². The molecule has 0 spiro atoms. The van der Waals surface area contributed by atoms with Gasteiger partial charge in [0.25, 0.3) is 0 Å². The Morgan fingerprint density at radius 3 is 2.89 bits per heavy atom. The number of benzene rings is 1. The number of nitriles is 1. The van der Waals surface area contributed by atoms with Crippen LogP contribution >= 0.6 is 15.9 Å². The van der Waals surface area contributed by atoms with Crippen LogP contribution in [0.4, 0.5) is 5.69 Å². The zero-order valence-electron chi connectivity index (χ0n) is 11.5. The molecule has 1 aliphatic heterocycles. The molecule has 1 atom stereocenters. The predicted octanol–water partition coefficient (Wildman–Crippen LogP) is 3.31. The van der Waals surface area contributed by atoms with Crippen molar-refractivity contribution in [2.45, 2.75) is 38.3 Å². The highest BCUT2D eigenvalue weighted by Gasteiger charge is 2.35. The lowest BCUT2D eigenvalue weighted by atomic mass is 9.95. The Morgan fingerprint density at radius 2 is 2.21 bits per heavy atom. The summed E-state index contributed by atoms with van der Waals surface area (Å²) in [5.41, 5.74) is 1.21. The Morgan fingerprint density at radius 1 is 1.47 bits per heavy atom. The summed E-state index contributed by atoms with van der Waals surface area (Å²) in [6.45, 7) is 6.36. The lowest BCUT2D eigenvalue weighted by Gasteiger charge is -2.43. The van der Waals surface area contributed by atoms with E-state index in [4.69, 9.17) is 5.26 Å². The molecule has 1 aromatic carbocycles. The molecule has 0 radical (unpaired) electrons. The Kier molecular flexibility index (Phi) is 4.49. The summed E-state index contributed by atoms with van der Waals surface area (Å²) in [5.74, 6) is 0. The Labute approximate surface area is 123 Å². The van der Waals surface area contributed by atoms with E-state index < -0.39 is 0 Å². The SMILES string of the molecule is CC1(C)CCNCC(CC#N)N1c1ccccc1Br. The fourth-order valence-corrected chi connectivity index (χ4v) is 3.28. The molecule has 0 bridgehead atoms. The lowest BCUT2D eigenvalue weighted by Crippen LogP contribution is -2.51. The molecule has 0 saturated carbocycles. The Balaban J connectivity index is 2.45. The second kappa shape index (κ2) is 5.94. The number of hydrogen-bond acceptors (Lipinski definition) is 3. The molecule has 1 heterocycles. The van der Waals surface area contributed by atoms with Gasteiger partial charge in [0.1, 0.15) is 0 Å². The smallest absolute Gasteiger partial charge is 0.0643 e. The number of anilines is 1. The van der Waals surface area contributed by atoms with Gasteiger partial charge in [0.2, 0.25) is 0 Å². The zero-order chi connectivity index (χ0) is 13.9. The van der Waals surface area contributed by atoms with E-state index in [1.807, 2.05) is 6.07 Å². The van der Waals surface area contributed by atoms with Crippen molar-refractivity contribution in [1.29, 1.82) is 5.26 Å². The first-order valence-corrected chi connectivity index (χ1v) is 7.47. The van der Waals surface area contributed by atoms with Crippen LogP contribution in [-0.2, 0) is 0 Å². The topological polar surface area (TPSA) is 39.1 Å². The van der Waals surface area contributed by atoms with Gasteiger partial charge in [0, 0.05) is 16.6 Å². The van der Waals surface area contributed by atoms with Gasteiger partial charge in [-0.1, -0.05) is 12.1 Å². The molecule has 3 nitrogen and oxygen atoms in total. The third kappa shape index (κ3) is 3.10. The average molecular weight is 322 g/mol. The molecule has 1 saturated heterocycles. The first-order valence-electron chi connectivity index (χ1n) is 6.68. The van der Waals surface area contributed by atoms with E-state index >= 15 is 0 Å². The zero-order valence-corrected chi connectivity index (χ0v) is 13.1. The number of nitrogens with one attached hydrogen (secondary N) is 1. The van der Waals surface area contributed by atoms with Crippen LogP contribution in [0.3, 0.4) is 0 Å². The average Bonchev–Trinajstić information content (AvgIpc) is 2.50. The molecule has 1 aliphatic rings. The Bertz CT molecular complexity index is 479. The summed E-state index contributed by atoms with van der Waals surface area (Å²) in [7, 11) is 0. The van der Waals surface area contributed by atoms with Gasteiger partial charge in [0.05, 0.1) is 24.2 Å². The first-order chi connectivity index (χ1) is 9.06. The number of halogens is 1. The summed E-state index contributed by atoms with van der Waals surface area (Å²) >= 11 is 3.64. The number of hydrogen-bond donors (Lipinski definition) is 1. The van der Waals surface area contributed by atoms with Crippen molar-refractivity contribution < 1.29 is 0 Å². The van der Waals surface area contributed by atoms with Crippen molar-refractivity contribution in [3.05, 3.63) is 28.7 Å². The van der Waals surface area contributed by atoms with Crippen molar-refractivity contribution in [3.8, 4) is 6.07 Å². The first kappa shape index (κ1) is 14.4. The van der Waals surface area contributed by atoms with Gasteiger partial charge < -0.3 is 10.2 Å². The van der Waals surface area contributed by atoms with Gasteiger partial charge in [-0.2, -0.15) is 5.26 Å². The monoisotopic (exact) mass is 321 g/mol. The minimum absolute atomic E-state index is 0.0366. The normalized spacial score (nSPS) is 22.6. The highest BCUT2D eigenvalue weighted by atomic mass is 79.9. The van der Waals surface area contributed by atoms with E-state index in [2.05, 4.69) is 64.3 Å². The molecular formula is C15H20BrN3. The largest absolute Gasteiger partial charge is 0.360 e. The number of rotatable bonds is 2. The van der Waals surface area contributed by atoms with Crippen LogP contribution in [0.25, 0.3) is 0 Å². The molecule has 1 N–H and O–H groups in total. The van der Waals surface area contributed by atoms with Gasteiger partial charge in [-0.25, -0.2) is 0 Å². The van der Waals surface area contributed by atoms with E-state index in [1.165, 1.54) is 5.69 Å². The summed E-state index contributed by atoms with van der Waals surface area (Å²) in [5, 5.41) is 12.5. The minimum atomic E-state index is 0.0366. The molecular weight excluding hydrogens is 302 g/mol. The van der Waals surface area contributed by atoms with E-state index in [9.17, 15) is 0 Å². The fourth-order valence-electron chi connectivity index (χ4n) is 2.81. The van der Waals surface area contributed by atoms with Crippen LogP contribution in [0.1, 0.15) is 26.7 Å². The lowest BCUT2D eigenvalue weighted by molar-refractivity contribution is 0.418. The fraction of sp³-hybridized carbons (Fsp3) is 0.533. The molecule has 1 unspecified atom stereocenters. The third-order valence-corrected chi connectivity index (χ3v) is 4.42. The molecule has 19 heavy (non-hydrogen) atoms. The van der Waals surface area contributed by atoms with Gasteiger partial charge >= 0.3 is 0 Å². The molecule has 4 heteroatoms. The van der Waals surface area contributed by atoms with Crippen molar-refractivity contribution in [2.75, 3.05) is 18.0 Å². The van der Waals surface area contributed by atoms with E-state index in [1.54, 1.807) is 0 Å². The maximum absolute atomic E-state index is 9.10. The number of para-hydroxylation sites is 1. The molecule has 0 aromatic heterocycles. The highest BCUT2D eigenvalue weighted by Crippen LogP contribution is 2.35. The molecule has 102 valence electrons. The third-order valence-electron chi connectivity index (χ3n) is 3.75. The van der Waals surface area contributed by atoms with Crippen molar-refractivity contribution in [2.24, 2.45) is 0 Å². The van der Waals surface area contributed by atoms with Crippen molar-refractivity contribution in [3.63, 3.8) is 0 Å². The van der Waals surface area contributed by atoms with Crippen LogP contribution in [0, 0.1) is 11.3 Å². The molecule has 0 aliphatic carbocycles. The van der Waals surface area contributed by atoms with Crippen LogP contribution in [-0.4, -0.2) is 24.7 Å². The molecule has 1 fully saturated rings. The summed E-state index contributed by atoms with van der Waals surface area (Å²) in [6, 6.07) is 10.8. The van der Waals surface area contributed by atoms with Gasteiger partial charge in [-0.3, -0.25) is 0 Å². The minimum Gasteiger partial charge on any atom is -0.360 e. The summed E-state index contributed by atoms with van der Waals surface area (Å²) in [4.78, 5) is 2.40. The second-order valence-electron chi connectivity index (χ2n) is 5.60. The number of nitrogens with zero attached hydrogens (tertiary/aromatic N) is 2. The summed E-state index contributed by atoms with van der Waals surface area (Å²) < 4.78 is 1.09. The maximum Gasteiger partial charge on any atom is 0.0643 e. The molecule has 1 aromatic rings. The quantitative estimate of drug-likeness (QED) is 0.908.